The fourth-order valence-electron chi connectivity index (χ4n) is 2.04. The quantitative estimate of drug-likeness (QED) is 0.535. The second kappa shape index (κ2) is 10.1. The van der Waals surface area contributed by atoms with Gasteiger partial charge in [0.15, 0.2) is 13.2 Å². The van der Waals surface area contributed by atoms with Gasteiger partial charge in [0.05, 0.1) is 6.07 Å². The Morgan fingerprint density at radius 3 is 1.76 bits per heavy atom. The van der Waals surface area contributed by atoms with Crippen LogP contribution in [0.1, 0.15) is 0 Å². The molecule has 0 spiro atoms. The van der Waals surface area contributed by atoms with Crippen LogP contribution < -0.4 is 24.4 Å². The molecule has 0 unspecified atom stereocenters. The van der Waals surface area contributed by atoms with Crippen molar-refractivity contribution in [3.05, 3.63) is 30.3 Å². The molecule has 0 saturated carbocycles. The molecule has 2 aromatic rings. The second-order valence-electron chi connectivity index (χ2n) is 6.21. The normalized spacial score (nSPS) is 12.2. The largest absolute Gasteiger partial charge is 0.573 e. The first-order valence-corrected chi connectivity index (χ1v) is 8.69. The van der Waals surface area contributed by atoms with Crippen molar-refractivity contribution in [2.75, 3.05) is 30.5 Å². The van der Waals surface area contributed by atoms with E-state index in [1.54, 1.807) is 0 Å². The summed E-state index contributed by atoms with van der Waals surface area (Å²) in [5.41, 5.74) is -0.0376. The van der Waals surface area contributed by atoms with Gasteiger partial charge in [0.25, 0.3) is 0 Å². The van der Waals surface area contributed by atoms with Crippen LogP contribution in [0.3, 0.4) is 0 Å². The lowest BCUT2D eigenvalue weighted by Crippen LogP contribution is -2.33. The Morgan fingerprint density at radius 1 is 0.882 bits per heavy atom. The standard InChI is InChI=1S/C17H13F9N4O4/c1-30(14(31)27-9-2-4-10(5-3-9)34-17(24,25)26)13-28-11(32-7-15(18,19)20)6-12(29-13)33-8-16(21,22)23/h2-6H,7-8H2,1H3,(H,27,31). The number of nitrogens with zero attached hydrogens (tertiary/aromatic N) is 3. The van der Waals surface area contributed by atoms with Gasteiger partial charge in [0.2, 0.25) is 17.7 Å². The highest BCUT2D eigenvalue weighted by molar-refractivity contribution is 6.00. The Balaban J connectivity index is 2.19. The molecular formula is C17H13F9N4O4. The van der Waals surface area contributed by atoms with Crippen molar-refractivity contribution in [2.24, 2.45) is 0 Å². The number of urea groups is 1. The average Bonchev–Trinajstić information content (AvgIpc) is 2.69. The molecule has 34 heavy (non-hydrogen) atoms. The number of hydrogen-bond donors (Lipinski definition) is 1. The smallest absolute Gasteiger partial charge is 0.468 e. The molecule has 1 aromatic heterocycles. The molecule has 0 aliphatic rings. The van der Waals surface area contributed by atoms with Gasteiger partial charge >= 0.3 is 24.7 Å². The van der Waals surface area contributed by atoms with Crippen LogP contribution in [-0.4, -0.2) is 55.0 Å². The van der Waals surface area contributed by atoms with Crippen LogP contribution in [-0.2, 0) is 0 Å². The molecule has 0 bridgehead atoms. The maximum Gasteiger partial charge on any atom is 0.573 e. The predicted molar refractivity (Wildman–Crippen MR) is 95.7 cm³/mol. The number of carbonyl (C=O) groups is 1. The summed E-state index contributed by atoms with van der Waals surface area (Å²) in [5.74, 6) is -2.96. The first kappa shape index (κ1) is 26.6. The number of nitrogens with one attached hydrogen (secondary N) is 1. The number of aromatic nitrogens is 2. The summed E-state index contributed by atoms with van der Waals surface area (Å²) < 4.78 is 123. The van der Waals surface area contributed by atoms with Gasteiger partial charge in [-0.2, -0.15) is 36.3 Å². The van der Waals surface area contributed by atoms with E-state index in [2.05, 4.69) is 29.5 Å². The molecule has 0 atom stereocenters. The van der Waals surface area contributed by atoms with Crippen LogP contribution in [0.5, 0.6) is 17.5 Å². The summed E-state index contributed by atoms with van der Waals surface area (Å²) in [7, 11) is 1.01. The van der Waals surface area contributed by atoms with E-state index in [1.165, 1.54) is 0 Å². The third-order valence-corrected chi connectivity index (χ3v) is 3.38. The van der Waals surface area contributed by atoms with Gasteiger partial charge in [-0.3, -0.25) is 4.90 Å². The third kappa shape index (κ3) is 9.45. The van der Waals surface area contributed by atoms with Gasteiger partial charge in [-0.25, -0.2) is 4.79 Å². The summed E-state index contributed by atoms with van der Waals surface area (Å²) in [4.78, 5) is 20.0. The van der Waals surface area contributed by atoms with E-state index in [9.17, 15) is 44.3 Å². The van der Waals surface area contributed by atoms with E-state index in [0.717, 1.165) is 31.3 Å². The van der Waals surface area contributed by atoms with E-state index in [4.69, 9.17) is 0 Å². The Morgan fingerprint density at radius 2 is 1.35 bits per heavy atom. The lowest BCUT2D eigenvalue weighted by atomic mass is 10.3. The number of amides is 2. The zero-order valence-corrected chi connectivity index (χ0v) is 16.7. The summed E-state index contributed by atoms with van der Waals surface area (Å²) in [5, 5.41) is 2.21. The maximum absolute atomic E-state index is 12.4. The number of ether oxygens (including phenoxy) is 3. The third-order valence-electron chi connectivity index (χ3n) is 3.38. The number of rotatable bonds is 7. The molecule has 188 valence electrons. The van der Waals surface area contributed by atoms with Crippen LogP contribution >= 0.6 is 0 Å². The van der Waals surface area contributed by atoms with Crippen molar-refractivity contribution < 1.29 is 58.5 Å². The Hall–Kier alpha value is -3.66. The van der Waals surface area contributed by atoms with Gasteiger partial charge in [-0.1, -0.05) is 0 Å². The fourth-order valence-corrected chi connectivity index (χ4v) is 2.04. The highest BCUT2D eigenvalue weighted by Crippen LogP contribution is 2.26. The van der Waals surface area contributed by atoms with E-state index in [1.807, 2.05) is 0 Å². The van der Waals surface area contributed by atoms with E-state index in [-0.39, 0.29) is 5.69 Å². The fraction of sp³-hybridized carbons (Fsp3) is 0.353. The number of carbonyl (C=O) groups excluding carboxylic acids is 1. The van der Waals surface area contributed by atoms with Gasteiger partial charge in [0.1, 0.15) is 5.75 Å². The molecule has 0 fully saturated rings. The molecule has 1 heterocycles. The van der Waals surface area contributed by atoms with Crippen LogP contribution in [0, 0.1) is 0 Å². The van der Waals surface area contributed by atoms with E-state index in [0.29, 0.717) is 11.0 Å². The van der Waals surface area contributed by atoms with Gasteiger partial charge in [-0.05, 0) is 24.3 Å². The average molecular weight is 508 g/mol. The minimum atomic E-state index is -4.94. The second-order valence-corrected chi connectivity index (χ2v) is 6.21. The van der Waals surface area contributed by atoms with Crippen LogP contribution in [0.4, 0.5) is 55.9 Å². The van der Waals surface area contributed by atoms with Gasteiger partial charge < -0.3 is 19.5 Å². The maximum atomic E-state index is 12.4. The van der Waals surface area contributed by atoms with Crippen molar-refractivity contribution in [1.29, 1.82) is 0 Å². The van der Waals surface area contributed by atoms with Crippen LogP contribution in [0.15, 0.2) is 30.3 Å². The number of alkyl halides is 9. The number of hydrogen-bond acceptors (Lipinski definition) is 6. The lowest BCUT2D eigenvalue weighted by Gasteiger charge is -2.18. The molecule has 1 aromatic carbocycles. The van der Waals surface area contributed by atoms with Crippen molar-refractivity contribution in [3.63, 3.8) is 0 Å². The first-order valence-electron chi connectivity index (χ1n) is 8.69. The van der Waals surface area contributed by atoms with E-state index >= 15 is 0 Å². The van der Waals surface area contributed by atoms with E-state index < -0.39 is 61.4 Å². The van der Waals surface area contributed by atoms with Gasteiger partial charge in [0, 0.05) is 12.7 Å². The summed E-state index contributed by atoms with van der Waals surface area (Å²) in [6.45, 7) is -3.69. The molecule has 0 saturated heterocycles. The molecule has 0 aliphatic heterocycles. The lowest BCUT2D eigenvalue weighted by molar-refractivity contribution is -0.274. The van der Waals surface area contributed by atoms with Crippen molar-refractivity contribution in [3.8, 4) is 17.5 Å². The summed E-state index contributed by atoms with van der Waals surface area (Å²) in [6.07, 6.45) is -14.5. The molecule has 2 rings (SSSR count). The molecular weight excluding hydrogens is 495 g/mol. The van der Waals surface area contributed by atoms with Crippen molar-refractivity contribution in [2.45, 2.75) is 18.7 Å². The molecule has 8 nitrogen and oxygen atoms in total. The zero-order valence-electron chi connectivity index (χ0n) is 16.7. The highest BCUT2D eigenvalue weighted by atomic mass is 19.4. The number of benzene rings is 1. The molecule has 17 heteroatoms. The zero-order chi connectivity index (χ0) is 25.7. The topological polar surface area (TPSA) is 85.8 Å². The SMILES string of the molecule is CN(C(=O)Nc1ccc(OC(F)(F)F)cc1)c1nc(OCC(F)(F)F)cc(OCC(F)(F)F)n1. The molecule has 0 aliphatic carbocycles. The Bertz CT molecular complexity index is 943. The van der Waals surface area contributed by atoms with Crippen LogP contribution in [0.2, 0.25) is 0 Å². The highest BCUT2D eigenvalue weighted by Gasteiger charge is 2.32. The minimum Gasteiger partial charge on any atom is -0.468 e. The number of anilines is 2. The summed E-state index contributed by atoms with van der Waals surface area (Å²) >= 11 is 0. The first-order chi connectivity index (χ1) is 15.5. The van der Waals surface area contributed by atoms with Crippen LogP contribution in [0.25, 0.3) is 0 Å². The number of halogens is 9. The van der Waals surface area contributed by atoms with Crippen molar-refractivity contribution in [1.82, 2.24) is 9.97 Å². The predicted octanol–water partition coefficient (Wildman–Crippen LogP) is 4.93. The molecule has 1 N–H and O–H groups in total. The van der Waals surface area contributed by atoms with Crippen molar-refractivity contribution >= 4 is 17.7 Å². The van der Waals surface area contributed by atoms with Gasteiger partial charge in [-0.15, -0.1) is 13.2 Å². The summed E-state index contributed by atoms with van der Waals surface area (Å²) in [6, 6.07) is 3.34. The molecule has 0 radical (unpaired) electrons. The Kier molecular flexibility index (Phi) is 7.89. The molecule has 2 amide bonds. The Labute approximate surface area is 184 Å². The monoisotopic (exact) mass is 508 g/mol. The minimum absolute atomic E-state index is 0.0376.